The van der Waals surface area contributed by atoms with E-state index in [1.54, 1.807) is 0 Å². The molecule has 7 heteroatoms. The summed E-state index contributed by atoms with van der Waals surface area (Å²) < 4.78 is 12.8. The molecule has 0 radical (unpaired) electrons. The molecule has 0 bridgehead atoms. The monoisotopic (exact) mass is 856 g/mol. The van der Waals surface area contributed by atoms with Crippen molar-refractivity contribution in [3.63, 3.8) is 0 Å². The van der Waals surface area contributed by atoms with Gasteiger partial charge in [-0.15, -0.1) is 56.7 Å². The summed E-state index contributed by atoms with van der Waals surface area (Å²) in [5, 5.41) is 2.15. The first kappa shape index (κ1) is 43.9. The molecule has 0 unspecified atom stereocenters. The predicted molar refractivity (Wildman–Crippen MR) is 258 cm³/mol. The zero-order valence-corrected chi connectivity index (χ0v) is 38.6. The summed E-state index contributed by atoms with van der Waals surface area (Å²) in [6.45, 7) is 6.11. The lowest BCUT2D eigenvalue weighted by Gasteiger charge is -2.12. The molecule has 0 N–H and O–H groups in total. The molecule has 57 heavy (non-hydrogen) atoms. The van der Waals surface area contributed by atoms with Gasteiger partial charge in [-0.25, -0.2) is 0 Å². The largest absolute Gasteiger partial charge is 0.493 e. The molecular formula is C50H64O2S5. The Morgan fingerprint density at radius 2 is 0.684 bits per heavy atom. The van der Waals surface area contributed by atoms with Gasteiger partial charge in [0, 0.05) is 50.0 Å². The van der Waals surface area contributed by atoms with Gasteiger partial charge >= 0.3 is 0 Å². The highest BCUT2D eigenvalue weighted by Gasteiger charge is 2.14. The van der Waals surface area contributed by atoms with Gasteiger partial charge in [0.15, 0.2) is 0 Å². The third-order valence-electron chi connectivity index (χ3n) is 10.6. The Bertz CT molecular complexity index is 1910. The van der Waals surface area contributed by atoms with Crippen LogP contribution in [0.3, 0.4) is 0 Å². The average Bonchev–Trinajstić information content (AvgIpc) is 4.08. The number of hydrogen-bond acceptors (Lipinski definition) is 7. The molecule has 306 valence electrons. The van der Waals surface area contributed by atoms with Crippen LogP contribution in [0.4, 0.5) is 0 Å². The van der Waals surface area contributed by atoms with E-state index < -0.39 is 0 Å². The minimum atomic E-state index is 0.762. The Labute approximate surface area is 364 Å². The lowest BCUT2D eigenvalue weighted by atomic mass is 10.1. The predicted octanol–water partition coefficient (Wildman–Crippen LogP) is 18.9. The summed E-state index contributed by atoms with van der Waals surface area (Å²) in [7, 11) is 0. The highest BCUT2D eigenvalue weighted by atomic mass is 32.1. The Morgan fingerprint density at radius 1 is 0.351 bits per heavy atom. The maximum Gasteiger partial charge on any atom is 0.123 e. The Balaban J connectivity index is 1.04. The fourth-order valence-electron chi connectivity index (χ4n) is 7.29. The molecule has 0 spiro atoms. The number of ether oxygens (including phenoxy) is 2. The lowest BCUT2D eigenvalue weighted by Crippen LogP contribution is -2.00. The van der Waals surface area contributed by atoms with E-state index >= 15 is 0 Å². The standard InChI is InChI=1S/C50H64O2S5/c1-3-5-7-9-11-13-15-17-19-21-33-51-40-36-39(37-41(38-40)52-34-22-20-18-16-14-12-10-8-6-4-2)42-25-26-45(54-42)46-29-30-49(56-46)50-32-31-48(57-50)47-28-27-44(55-47)43-24-23-35-53-43/h23-32,35-38H,3-22,33-34H2,1-2H3. The summed E-state index contributed by atoms with van der Waals surface area (Å²) in [6, 6.07) is 29.2. The van der Waals surface area contributed by atoms with E-state index in [9.17, 15) is 0 Å². The molecule has 0 aliphatic heterocycles. The van der Waals surface area contributed by atoms with Crippen molar-refractivity contribution in [1.82, 2.24) is 0 Å². The minimum Gasteiger partial charge on any atom is -0.493 e. The highest BCUT2D eigenvalue weighted by Crippen LogP contribution is 2.45. The van der Waals surface area contributed by atoms with E-state index in [0.717, 1.165) is 37.6 Å². The van der Waals surface area contributed by atoms with Gasteiger partial charge in [-0.05, 0) is 90.5 Å². The smallest absolute Gasteiger partial charge is 0.123 e. The maximum atomic E-state index is 6.41. The quantitative estimate of drug-likeness (QED) is 0.0438. The van der Waals surface area contributed by atoms with Gasteiger partial charge in [0.25, 0.3) is 0 Å². The van der Waals surface area contributed by atoms with Crippen molar-refractivity contribution in [2.45, 2.75) is 142 Å². The summed E-state index contributed by atoms with van der Waals surface area (Å²) in [5.41, 5.74) is 1.18. The van der Waals surface area contributed by atoms with Crippen LogP contribution < -0.4 is 9.47 Å². The molecule has 2 nitrogen and oxygen atoms in total. The molecule has 5 aromatic heterocycles. The third-order valence-corrected chi connectivity index (χ3v) is 16.7. The number of rotatable bonds is 29. The number of hydrogen-bond donors (Lipinski definition) is 0. The second kappa shape index (κ2) is 25.1. The first-order valence-electron chi connectivity index (χ1n) is 22.1. The molecule has 6 aromatic rings. The van der Waals surface area contributed by atoms with Crippen LogP contribution in [-0.4, -0.2) is 13.2 Å². The fraction of sp³-hybridized carbons (Fsp3) is 0.480. The normalized spacial score (nSPS) is 11.5. The molecule has 0 saturated carbocycles. The van der Waals surface area contributed by atoms with Crippen molar-refractivity contribution in [3.05, 3.63) is 84.2 Å². The molecule has 1 aromatic carbocycles. The van der Waals surface area contributed by atoms with Crippen molar-refractivity contribution in [2.75, 3.05) is 13.2 Å². The molecule has 0 atom stereocenters. The van der Waals surface area contributed by atoms with Crippen molar-refractivity contribution in [2.24, 2.45) is 0 Å². The van der Waals surface area contributed by atoms with E-state index in [-0.39, 0.29) is 0 Å². The van der Waals surface area contributed by atoms with Crippen LogP contribution in [-0.2, 0) is 0 Å². The minimum absolute atomic E-state index is 0.762. The first-order valence-corrected chi connectivity index (χ1v) is 26.2. The number of unbranched alkanes of at least 4 members (excludes halogenated alkanes) is 18. The van der Waals surface area contributed by atoms with Crippen molar-refractivity contribution in [3.8, 4) is 61.0 Å². The van der Waals surface area contributed by atoms with E-state index in [0.29, 0.717) is 0 Å². The van der Waals surface area contributed by atoms with Gasteiger partial charge in [0.05, 0.1) is 13.2 Å². The average molecular weight is 857 g/mol. The summed E-state index contributed by atoms with van der Waals surface area (Å²) in [6.07, 6.45) is 26.6. The van der Waals surface area contributed by atoms with Crippen LogP contribution in [0.25, 0.3) is 49.5 Å². The molecule has 0 fully saturated rings. The van der Waals surface area contributed by atoms with E-state index in [1.807, 2.05) is 56.7 Å². The van der Waals surface area contributed by atoms with Crippen LogP contribution in [0.5, 0.6) is 11.5 Å². The number of thiophene rings is 5. The molecule has 0 aliphatic rings. The molecule has 0 amide bonds. The Kier molecular flexibility index (Phi) is 19.3. The maximum absolute atomic E-state index is 6.41. The van der Waals surface area contributed by atoms with Gasteiger partial charge in [-0.2, -0.15) is 0 Å². The summed E-state index contributed by atoms with van der Waals surface area (Å²) in [4.78, 5) is 11.9. The Morgan fingerprint density at radius 3 is 1.05 bits per heavy atom. The second-order valence-corrected chi connectivity index (χ2v) is 20.7. The van der Waals surface area contributed by atoms with E-state index in [4.69, 9.17) is 9.47 Å². The van der Waals surface area contributed by atoms with Gasteiger partial charge in [0.2, 0.25) is 0 Å². The molecule has 6 rings (SSSR count). The highest BCUT2D eigenvalue weighted by molar-refractivity contribution is 7.29. The first-order chi connectivity index (χ1) is 28.2. The topological polar surface area (TPSA) is 18.5 Å². The third kappa shape index (κ3) is 14.5. The van der Waals surface area contributed by atoms with Gasteiger partial charge < -0.3 is 9.47 Å². The van der Waals surface area contributed by atoms with Crippen LogP contribution in [0.1, 0.15) is 142 Å². The lowest BCUT2D eigenvalue weighted by molar-refractivity contribution is 0.290. The molecule has 5 heterocycles. The van der Waals surface area contributed by atoms with Crippen molar-refractivity contribution < 1.29 is 9.47 Å². The SMILES string of the molecule is CCCCCCCCCCCCOc1cc(OCCCCCCCCCCCC)cc(-c2ccc(-c3ccc(-c4ccc(-c5ccc(-c6cccs6)s5)s4)s3)s2)c1. The Hall–Kier alpha value is -2.68. The van der Waals surface area contributed by atoms with Crippen LogP contribution in [0, 0.1) is 0 Å². The van der Waals surface area contributed by atoms with Crippen LogP contribution >= 0.6 is 56.7 Å². The van der Waals surface area contributed by atoms with Crippen LogP contribution in [0.15, 0.2) is 84.2 Å². The zero-order chi connectivity index (χ0) is 39.3. The van der Waals surface area contributed by atoms with Crippen molar-refractivity contribution in [1.29, 1.82) is 0 Å². The van der Waals surface area contributed by atoms with E-state index in [1.165, 1.54) is 165 Å². The van der Waals surface area contributed by atoms with Crippen molar-refractivity contribution >= 4 is 56.7 Å². The fourth-order valence-corrected chi connectivity index (χ4v) is 12.4. The van der Waals surface area contributed by atoms with E-state index in [2.05, 4.69) is 98.1 Å². The zero-order valence-electron chi connectivity index (χ0n) is 34.5. The number of benzene rings is 1. The second-order valence-electron chi connectivity index (χ2n) is 15.4. The van der Waals surface area contributed by atoms with Crippen LogP contribution in [0.2, 0.25) is 0 Å². The molecule has 0 aliphatic carbocycles. The molecular weight excluding hydrogens is 793 g/mol. The summed E-state index contributed by atoms with van der Waals surface area (Å²) >= 11 is 9.35. The molecule has 0 saturated heterocycles. The summed E-state index contributed by atoms with van der Waals surface area (Å²) in [5.74, 6) is 1.85. The van der Waals surface area contributed by atoms with Gasteiger partial charge in [-0.1, -0.05) is 135 Å². The van der Waals surface area contributed by atoms with Gasteiger partial charge in [-0.3, -0.25) is 0 Å². The van der Waals surface area contributed by atoms with Gasteiger partial charge in [0.1, 0.15) is 11.5 Å².